The van der Waals surface area contributed by atoms with Gasteiger partial charge in [-0.3, -0.25) is 9.20 Å². The summed E-state index contributed by atoms with van der Waals surface area (Å²) in [5.74, 6) is 4.94. The summed E-state index contributed by atoms with van der Waals surface area (Å²) in [6, 6.07) is 0. The van der Waals surface area contributed by atoms with Gasteiger partial charge in [-0.15, -0.1) is 0 Å². The Kier molecular flexibility index (Phi) is 3.31. The SMILES string of the molecule is COc1c(-c2cncnc2)c(F)cn2c(=O)n(N)c(=O)c(C3CC3)c12. The molecular formula is C16H14FN5O3. The monoisotopic (exact) mass is 343 g/mol. The molecule has 1 fully saturated rings. The molecule has 8 nitrogen and oxygen atoms in total. The molecule has 1 aliphatic rings. The van der Waals surface area contributed by atoms with E-state index in [4.69, 9.17) is 10.6 Å². The Labute approximate surface area is 140 Å². The van der Waals surface area contributed by atoms with Gasteiger partial charge in [0.15, 0.2) is 11.6 Å². The van der Waals surface area contributed by atoms with Crippen molar-refractivity contribution >= 4 is 5.52 Å². The van der Waals surface area contributed by atoms with Gasteiger partial charge in [0.1, 0.15) is 11.8 Å². The Morgan fingerprint density at radius 1 is 1.28 bits per heavy atom. The minimum atomic E-state index is -0.836. The highest BCUT2D eigenvalue weighted by Gasteiger charge is 2.33. The van der Waals surface area contributed by atoms with E-state index in [2.05, 4.69) is 9.97 Å². The van der Waals surface area contributed by atoms with Crippen molar-refractivity contribution in [3.8, 4) is 16.9 Å². The molecule has 3 aromatic rings. The van der Waals surface area contributed by atoms with Crippen LogP contribution in [0.3, 0.4) is 0 Å². The Morgan fingerprint density at radius 2 is 1.96 bits per heavy atom. The topological polar surface area (TPSA) is 105 Å². The van der Waals surface area contributed by atoms with Gasteiger partial charge in [-0.1, -0.05) is 0 Å². The van der Waals surface area contributed by atoms with Crippen LogP contribution in [-0.2, 0) is 0 Å². The standard InChI is InChI=1S/C16H14FN5O3/c1-25-14-11(9-4-19-7-20-5-9)10(17)6-21-13(14)12(8-2-3-8)15(23)22(18)16(21)24/h4-8H,2-3,18H2,1H3. The van der Waals surface area contributed by atoms with Gasteiger partial charge in [0.2, 0.25) is 0 Å². The number of pyridine rings is 1. The minimum Gasteiger partial charge on any atom is -0.494 e. The molecule has 128 valence electrons. The highest BCUT2D eigenvalue weighted by atomic mass is 19.1. The van der Waals surface area contributed by atoms with Crippen LogP contribution in [0, 0.1) is 5.82 Å². The molecule has 3 heterocycles. The average molecular weight is 343 g/mol. The number of nitrogens with two attached hydrogens (primary N) is 1. The summed E-state index contributed by atoms with van der Waals surface area (Å²) in [5.41, 5.74) is -0.354. The zero-order valence-electron chi connectivity index (χ0n) is 13.3. The maximum absolute atomic E-state index is 14.8. The second-order valence-corrected chi connectivity index (χ2v) is 5.88. The van der Waals surface area contributed by atoms with Crippen LogP contribution in [0.15, 0.2) is 34.5 Å². The van der Waals surface area contributed by atoms with Crippen molar-refractivity contribution in [1.82, 2.24) is 19.0 Å². The summed E-state index contributed by atoms with van der Waals surface area (Å²) >= 11 is 0. The van der Waals surface area contributed by atoms with Crippen LogP contribution in [0.4, 0.5) is 4.39 Å². The number of nitrogens with zero attached hydrogens (tertiary/aromatic N) is 4. The zero-order valence-corrected chi connectivity index (χ0v) is 13.3. The van der Waals surface area contributed by atoms with Crippen molar-refractivity contribution in [3.05, 3.63) is 57.1 Å². The summed E-state index contributed by atoms with van der Waals surface area (Å²) in [4.78, 5) is 32.7. The number of nitrogen functional groups attached to an aromatic ring is 1. The number of fused-ring (bicyclic) bond motifs is 1. The molecule has 25 heavy (non-hydrogen) atoms. The molecule has 0 saturated heterocycles. The third kappa shape index (κ3) is 2.19. The van der Waals surface area contributed by atoms with Crippen LogP contribution >= 0.6 is 0 Å². The quantitative estimate of drug-likeness (QED) is 0.701. The fraction of sp³-hybridized carbons (Fsp3) is 0.250. The largest absolute Gasteiger partial charge is 0.494 e. The summed E-state index contributed by atoms with van der Waals surface area (Å²) in [6.07, 6.45) is 6.80. The first kappa shape index (κ1) is 15.3. The van der Waals surface area contributed by atoms with Gasteiger partial charge in [-0.25, -0.2) is 19.2 Å². The van der Waals surface area contributed by atoms with Crippen LogP contribution in [0.25, 0.3) is 16.6 Å². The molecule has 0 radical (unpaired) electrons. The number of methoxy groups -OCH3 is 1. The molecule has 0 aliphatic heterocycles. The maximum atomic E-state index is 14.8. The molecule has 0 amide bonds. The van der Waals surface area contributed by atoms with E-state index in [1.54, 1.807) is 0 Å². The molecule has 0 bridgehead atoms. The van der Waals surface area contributed by atoms with E-state index in [1.807, 2.05) is 0 Å². The molecule has 0 unspecified atom stereocenters. The molecule has 9 heteroatoms. The van der Waals surface area contributed by atoms with E-state index >= 15 is 0 Å². The van der Waals surface area contributed by atoms with Crippen molar-refractivity contribution in [3.63, 3.8) is 0 Å². The van der Waals surface area contributed by atoms with Crippen molar-refractivity contribution in [2.75, 3.05) is 13.0 Å². The Hall–Kier alpha value is -3.23. The molecule has 0 spiro atoms. The predicted octanol–water partition coefficient (Wildman–Crippen LogP) is 0.657. The molecule has 4 rings (SSSR count). The lowest BCUT2D eigenvalue weighted by atomic mass is 10.0. The number of hydrogen-bond donors (Lipinski definition) is 1. The summed E-state index contributed by atoms with van der Waals surface area (Å²) in [6.45, 7) is 0. The second-order valence-electron chi connectivity index (χ2n) is 5.88. The molecule has 3 aromatic heterocycles. The van der Waals surface area contributed by atoms with Gasteiger partial charge in [0, 0.05) is 18.0 Å². The van der Waals surface area contributed by atoms with Crippen molar-refractivity contribution in [1.29, 1.82) is 0 Å². The van der Waals surface area contributed by atoms with Gasteiger partial charge in [-0.2, -0.15) is 4.68 Å². The summed E-state index contributed by atoms with van der Waals surface area (Å²) in [7, 11) is 1.36. The fourth-order valence-corrected chi connectivity index (χ4v) is 3.05. The number of rotatable bonds is 3. The summed E-state index contributed by atoms with van der Waals surface area (Å²) in [5, 5.41) is 0. The van der Waals surface area contributed by atoms with Crippen molar-refractivity contribution in [2.24, 2.45) is 0 Å². The second kappa shape index (κ2) is 5.40. The summed E-state index contributed by atoms with van der Waals surface area (Å²) < 4.78 is 21.7. The van der Waals surface area contributed by atoms with E-state index in [-0.39, 0.29) is 22.7 Å². The van der Waals surface area contributed by atoms with Crippen LogP contribution in [0.5, 0.6) is 5.75 Å². The molecule has 1 saturated carbocycles. The lowest BCUT2D eigenvalue weighted by Gasteiger charge is -2.16. The average Bonchev–Trinajstić information content (AvgIpc) is 3.45. The highest BCUT2D eigenvalue weighted by molar-refractivity contribution is 5.81. The third-order valence-electron chi connectivity index (χ3n) is 4.32. The molecule has 1 aliphatic carbocycles. The Bertz CT molecular complexity index is 1100. The first-order chi connectivity index (χ1) is 12.0. The number of aromatic nitrogens is 4. The molecule has 2 N–H and O–H groups in total. The van der Waals surface area contributed by atoms with E-state index in [9.17, 15) is 14.0 Å². The van der Waals surface area contributed by atoms with E-state index < -0.39 is 17.1 Å². The molecular weight excluding hydrogens is 329 g/mol. The van der Waals surface area contributed by atoms with Gasteiger partial charge < -0.3 is 10.6 Å². The highest BCUT2D eigenvalue weighted by Crippen LogP contribution is 2.44. The molecule has 0 aromatic carbocycles. The van der Waals surface area contributed by atoms with Crippen LogP contribution in [0.2, 0.25) is 0 Å². The maximum Gasteiger partial charge on any atom is 0.354 e. The smallest absolute Gasteiger partial charge is 0.354 e. The molecule has 0 atom stereocenters. The lowest BCUT2D eigenvalue weighted by Crippen LogP contribution is -2.44. The van der Waals surface area contributed by atoms with Crippen LogP contribution in [-0.4, -0.2) is 26.2 Å². The van der Waals surface area contributed by atoms with Gasteiger partial charge in [0.25, 0.3) is 5.56 Å². The van der Waals surface area contributed by atoms with Crippen LogP contribution < -0.4 is 21.8 Å². The van der Waals surface area contributed by atoms with Gasteiger partial charge >= 0.3 is 5.69 Å². The Morgan fingerprint density at radius 3 is 2.56 bits per heavy atom. The van der Waals surface area contributed by atoms with Crippen molar-refractivity contribution in [2.45, 2.75) is 18.8 Å². The Balaban J connectivity index is 2.23. The lowest BCUT2D eigenvalue weighted by molar-refractivity contribution is 0.414. The van der Waals surface area contributed by atoms with E-state index in [0.717, 1.165) is 23.4 Å². The number of hydrogen-bond acceptors (Lipinski definition) is 6. The van der Waals surface area contributed by atoms with Gasteiger partial charge in [-0.05, 0) is 18.8 Å². The predicted molar refractivity (Wildman–Crippen MR) is 87.6 cm³/mol. The normalized spacial score (nSPS) is 14.0. The third-order valence-corrected chi connectivity index (χ3v) is 4.32. The van der Waals surface area contributed by atoms with Crippen molar-refractivity contribution < 1.29 is 9.13 Å². The van der Waals surface area contributed by atoms with Crippen LogP contribution in [0.1, 0.15) is 24.3 Å². The first-order valence-electron chi connectivity index (χ1n) is 7.62. The first-order valence-corrected chi connectivity index (χ1v) is 7.62. The number of halogens is 1. The zero-order chi connectivity index (χ0) is 17.7. The van der Waals surface area contributed by atoms with E-state index in [0.29, 0.717) is 15.8 Å². The number of ether oxygens (including phenoxy) is 1. The van der Waals surface area contributed by atoms with E-state index in [1.165, 1.54) is 25.8 Å². The fourth-order valence-electron chi connectivity index (χ4n) is 3.05. The minimum absolute atomic E-state index is 0.0304. The van der Waals surface area contributed by atoms with Gasteiger partial charge in [0.05, 0.1) is 24.4 Å².